The summed E-state index contributed by atoms with van der Waals surface area (Å²) >= 11 is 12.6. The molecule has 1 aliphatic carbocycles. The van der Waals surface area contributed by atoms with Gasteiger partial charge in [0, 0.05) is 34.6 Å². The first-order valence-corrected chi connectivity index (χ1v) is 16.7. The summed E-state index contributed by atoms with van der Waals surface area (Å²) in [6.45, 7) is 0.729. The lowest BCUT2D eigenvalue weighted by Crippen LogP contribution is -2.54. The van der Waals surface area contributed by atoms with Crippen LogP contribution in [0, 0.1) is 0 Å². The van der Waals surface area contributed by atoms with Gasteiger partial charge in [0.05, 0.1) is 11.9 Å². The van der Waals surface area contributed by atoms with Crippen LogP contribution in [-0.2, 0) is 32.6 Å². The summed E-state index contributed by atoms with van der Waals surface area (Å²) < 4.78 is 27.0. The van der Waals surface area contributed by atoms with Crippen molar-refractivity contribution in [2.24, 2.45) is 0 Å². The number of nitrogens with zero attached hydrogens (tertiary/aromatic N) is 2. The zero-order valence-corrected chi connectivity index (χ0v) is 26.5. The van der Waals surface area contributed by atoms with E-state index in [9.17, 15) is 22.8 Å². The largest absolute Gasteiger partial charge is 0.352 e. The zero-order chi connectivity index (χ0) is 31.1. The third-order valence-corrected chi connectivity index (χ3v) is 9.28. The molecular formula is C32H35Cl2N3O5S. The highest BCUT2D eigenvalue weighted by atomic mass is 35.5. The third-order valence-electron chi connectivity index (χ3n) is 7.55. The Hall–Kier alpha value is -3.40. The van der Waals surface area contributed by atoms with Gasteiger partial charge in [0.2, 0.25) is 21.8 Å². The molecule has 0 bridgehead atoms. The number of sulfonamides is 1. The van der Waals surface area contributed by atoms with Crippen molar-refractivity contribution in [1.82, 2.24) is 10.2 Å². The maximum absolute atomic E-state index is 14.3. The Bertz CT molecular complexity index is 1580. The van der Waals surface area contributed by atoms with E-state index in [0.717, 1.165) is 41.8 Å². The van der Waals surface area contributed by atoms with Crippen LogP contribution in [-0.4, -0.2) is 55.8 Å². The van der Waals surface area contributed by atoms with E-state index >= 15 is 0 Å². The SMILES string of the molecule is CC(=O)c1cccc(N(CC(=O)N(Cc2ccc(Cl)cc2Cl)[C@@H](Cc2ccccc2)C(=O)NC2CCCC2)S(C)(=O)=O)c1. The lowest BCUT2D eigenvalue weighted by Gasteiger charge is -2.34. The summed E-state index contributed by atoms with van der Waals surface area (Å²) in [5.41, 5.74) is 1.86. The number of nitrogens with one attached hydrogen (secondary N) is 1. The van der Waals surface area contributed by atoms with Crippen LogP contribution >= 0.6 is 23.2 Å². The lowest BCUT2D eigenvalue weighted by molar-refractivity contribution is -0.140. The van der Waals surface area contributed by atoms with Crippen molar-refractivity contribution in [2.45, 2.75) is 57.7 Å². The molecule has 3 aromatic rings. The molecule has 228 valence electrons. The van der Waals surface area contributed by atoms with Gasteiger partial charge in [-0.1, -0.05) is 84.6 Å². The molecule has 0 heterocycles. The molecule has 43 heavy (non-hydrogen) atoms. The molecule has 0 unspecified atom stereocenters. The van der Waals surface area contributed by atoms with Gasteiger partial charge in [-0.15, -0.1) is 0 Å². The molecule has 0 saturated heterocycles. The Morgan fingerprint density at radius 3 is 2.28 bits per heavy atom. The molecule has 0 aromatic heterocycles. The van der Waals surface area contributed by atoms with Gasteiger partial charge >= 0.3 is 0 Å². The minimum absolute atomic E-state index is 0.00341. The average molecular weight is 645 g/mol. The van der Waals surface area contributed by atoms with E-state index in [1.165, 1.54) is 24.0 Å². The fourth-order valence-electron chi connectivity index (χ4n) is 5.25. The van der Waals surface area contributed by atoms with Crippen LogP contribution in [0.3, 0.4) is 0 Å². The summed E-state index contributed by atoms with van der Waals surface area (Å²) in [7, 11) is -3.97. The number of amides is 2. The van der Waals surface area contributed by atoms with Gasteiger partial charge < -0.3 is 10.2 Å². The van der Waals surface area contributed by atoms with Crippen molar-refractivity contribution in [1.29, 1.82) is 0 Å². The van der Waals surface area contributed by atoms with Crippen LogP contribution in [0.25, 0.3) is 0 Å². The summed E-state index contributed by atoms with van der Waals surface area (Å²) in [6, 6.07) is 19.4. The Balaban J connectivity index is 1.76. The predicted molar refractivity (Wildman–Crippen MR) is 170 cm³/mol. The number of Topliss-reactive ketones (excluding diaryl/α,β-unsaturated/α-hetero) is 1. The van der Waals surface area contributed by atoms with Crippen molar-refractivity contribution in [3.63, 3.8) is 0 Å². The van der Waals surface area contributed by atoms with Crippen molar-refractivity contribution in [2.75, 3.05) is 17.1 Å². The molecule has 1 fully saturated rings. The van der Waals surface area contributed by atoms with E-state index in [1.54, 1.807) is 30.3 Å². The molecule has 1 atom stereocenters. The number of anilines is 1. The monoisotopic (exact) mass is 643 g/mol. The van der Waals surface area contributed by atoms with Crippen LogP contribution in [0.15, 0.2) is 72.8 Å². The third kappa shape index (κ3) is 8.81. The van der Waals surface area contributed by atoms with Gasteiger partial charge in [0.25, 0.3) is 0 Å². The highest BCUT2D eigenvalue weighted by Gasteiger charge is 2.34. The van der Waals surface area contributed by atoms with E-state index < -0.39 is 28.5 Å². The first-order valence-electron chi connectivity index (χ1n) is 14.1. The second-order valence-corrected chi connectivity index (χ2v) is 13.6. The van der Waals surface area contributed by atoms with Crippen LogP contribution in [0.5, 0.6) is 0 Å². The Kier molecular flexibility index (Phi) is 10.9. The van der Waals surface area contributed by atoms with Gasteiger partial charge in [0.1, 0.15) is 12.6 Å². The quantitative estimate of drug-likeness (QED) is 0.257. The lowest BCUT2D eigenvalue weighted by atomic mass is 10.0. The van der Waals surface area contributed by atoms with E-state index in [-0.39, 0.29) is 36.4 Å². The second kappa shape index (κ2) is 14.4. The van der Waals surface area contributed by atoms with Crippen molar-refractivity contribution in [3.8, 4) is 0 Å². The molecule has 2 amide bonds. The Labute approximate surface area is 263 Å². The molecule has 1 N–H and O–H groups in total. The van der Waals surface area contributed by atoms with E-state index in [4.69, 9.17) is 23.2 Å². The van der Waals surface area contributed by atoms with Crippen LogP contribution < -0.4 is 9.62 Å². The summed E-state index contributed by atoms with van der Waals surface area (Å²) in [6.07, 6.45) is 4.94. The maximum atomic E-state index is 14.3. The van der Waals surface area contributed by atoms with Gasteiger partial charge in [-0.2, -0.15) is 0 Å². The maximum Gasteiger partial charge on any atom is 0.244 e. The highest BCUT2D eigenvalue weighted by molar-refractivity contribution is 7.92. The predicted octanol–water partition coefficient (Wildman–Crippen LogP) is 5.66. The van der Waals surface area contributed by atoms with Crippen LogP contribution in [0.1, 0.15) is 54.1 Å². The number of halogens is 2. The minimum Gasteiger partial charge on any atom is -0.352 e. The number of hydrogen-bond acceptors (Lipinski definition) is 5. The number of benzene rings is 3. The fraction of sp³-hybridized carbons (Fsp3) is 0.344. The number of carbonyl (C=O) groups is 3. The Morgan fingerprint density at radius 1 is 0.953 bits per heavy atom. The second-order valence-electron chi connectivity index (χ2n) is 10.8. The molecule has 1 saturated carbocycles. The van der Waals surface area contributed by atoms with Crippen molar-refractivity contribution >= 4 is 56.5 Å². The van der Waals surface area contributed by atoms with Crippen molar-refractivity contribution in [3.05, 3.63) is 99.5 Å². The standard InChI is InChI=1S/C32H35Cl2N3O5S/c1-22(38)24-11-8-14-28(18-24)37(43(2,41)42)21-31(39)36(20-25-15-16-26(33)19-29(25)34)30(17-23-9-4-3-5-10-23)32(40)35-27-12-6-7-13-27/h3-5,8-11,14-16,18-19,27,30H,6-7,12-13,17,20-21H2,1-2H3,(H,35,40)/t30-/m0/s1. The number of rotatable bonds is 12. The number of hydrogen-bond donors (Lipinski definition) is 1. The fourth-order valence-corrected chi connectivity index (χ4v) is 6.56. The van der Waals surface area contributed by atoms with Gasteiger partial charge in [-0.3, -0.25) is 18.7 Å². The first kappa shape index (κ1) is 32.5. The normalized spacial score (nSPS) is 14.2. The first-order chi connectivity index (χ1) is 20.4. The minimum atomic E-state index is -3.97. The molecule has 11 heteroatoms. The number of carbonyl (C=O) groups excluding carboxylic acids is 3. The van der Waals surface area contributed by atoms with Gasteiger partial charge in [-0.25, -0.2) is 8.42 Å². The topological polar surface area (TPSA) is 104 Å². The van der Waals surface area contributed by atoms with Crippen LogP contribution in [0.2, 0.25) is 10.0 Å². The highest BCUT2D eigenvalue weighted by Crippen LogP contribution is 2.26. The molecular weight excluding hydrogens is 609 g/mol. The van der Waals surface area contributed by atoms with Gasteiger partial charge in [0.15, 0.2) is 5.78 Å². The molecule has 0 aliphatic heterocycles. The van der Waals surface area contributed by atoms with E-state index in [2.05, 4.69) is 5.32 Å². The molecule has 0 radical (unpaired) electrons. The number of ketones is 1. The Morgan fingerprint density at radius 2 is 1.65 bits per heavy atom. The van der Waals surface area contributed by atoms with Crippen molar-refractivity contribution < 1.29 is 22.8 Å². The van der Waals surface area contributed by atoms with E-state index in [0.29, 0.717) is 21.2 Å². The summed E-state index contributed by atoms with van der Waals surface area (Å²) in [5, 5.41) is 3.85. The molecule has 8 nitrogen and oxygen atoms in total. The molecule has 0 spiro atoms. The van der Waals surface area contributed by atoms with Crippen LogP contribution in [0.4, 0.5) is 5.69 Å². The molecule has 4 rings (SSSR count). The zero-order valence-electron chi connectivity index (χ0n) is 24.1. The molecule has 1 aliphatic rings. The smallest absolute Gasteiger partial charge is 0.244 e. The van der Waals surface area contributed by atoms with E-state index in [1.807, 2.05) is 30.3 Å². The average Bonchev–Trinajstić information content (AvgIpc) is 3.47. The summed E-state index contributed by atoms with van der Waals surface area (Å²) in [5.74, 6) is -1.17. The molecule has 3 aromatic carbocycles. The van der Waals surface area contributed by atoms with Gasteiger partial charge in [-0.05, 0) is 55.2 Å². The summed E-state index contributed by atoms with van der Waals surface area (Å²) in [4.78, 5) is 41.6.